The van der Waals surface area contributed by atoms with Crippen LogP contribution in [0.2, 0.25) is 0 Å². The standard InChI is InChI=1S/C17H24N2O2.ClH/c20-16(14-6-9-18-12-14)19-13-17(7-10-21-11-8-17)15-4-2-1-3-5-15;/h1-5,14,18H,6-13H2,(H,19,20);1H. The second kappa shape index (κ2) is 7.95. The van der Waals surface area contributed by atoms with Gasteiger partial charge in [0.2, 0.25) is 5.91 Å². The largest absolute Gasteiger partial charge is 0.381 e. The van der Waals surface area contributed by atoms with Gasteiger partial charge < -0.3 is 15.4 Å². The first-order chi connectivity index (χ1) is 10.3. The highest BCUT2D eigenvalue weighted by atomic mass is 35.5. The van der Waals surface area contributed by atoms with E-state index in [9.17, 15) is 4.79 Å². The number of rotatable bonds is 4. The normalized spacial score (nSPS) is 23.5. The second-order valence-corrected chi connectivity index (χ2v) is 6.17. The van der Waals surface area contributed by atoms with Gasteiger partial charge in [0.1, 0.15) is 0 Å². The van der Waals surface area contributed by atoms with Crippen molar-refractivity contribution in [1.29, 1.82) is 0 Å². The summed E-state index contributed by atoms with van der Waals surface area (Å²) in [6, 6.07) is 10.5. The molecule has 1 amide bonds. The van der Waals surface area contributed by atoms with Gasteiger partial charge in [-0.15, -0.1) is 12.4 Å². The molecule has 1 atom stereocenters. The lowest BCUT2D eigenvalue weighted by atomic mass is 9.74. The SMILES string of the molecule is Cl.O=C(NCC1(c2ccccc2)CCOCC1)C1CCNC1. The van der Waals surface area contributed by atoms with E-state index in [0.29, 0.717) is 0 Å². The summed E-state index contributed by atoms with van der Waals surface area (Å²) in [6.07, 6.45) is 2.90. The fourth-order valence-corrected chi connectivity index (χ4v) is 3.40. The molecule has 0 spiro atoms. The van der Waals surface area contributed by atoms with Crippen molar-refractivity contribution in [3.8, 4) is 0 Å². The molecule has 1 aromatic carbocycles. The van der Waals surface area contributed by atoms with Crippen LogP contribution in [0.5, 0.6) is 0 Å². The highest BCUT2D eigenvalue weighted by Crippen LogP contribution is 2.34. The summed E-state index contributed by atoms with van der Waals surface area (Å²) < 4.78 is 5.53. The number of hydrogen-bond donors (Lipinski definition) is 2. The van der Waals surface area contributed by atoms with Gasteiger partial charge in [0.25, 0.3) is 0 Å². The molecular formula is C17H25ClN2O2. The van der Waals surface area contributed by atoms with Gasteiger partial charge in [-0.05, 0) is 31.4 Å². The Bertz CT molecular complexity index is 469. The zero-order chi connectivity index (χ0) is 14.5. The molecule has 5 heteroatoms. The predicted molar refractivity (Wildman–Crippen MR) is 89.4 cm³/mol. The van der Waals surface area contributed by atoms with Crippen molar-refractivity contribution in [1.82, 2.24) is 10.6 Å². The van der Waals surface area contributed by atoms with Crippen LogP contribution >= 0.6 is 12.4 Å². The van der Waals surface area contributed by atoms with Crippen LogP contribution in [0.25, 0.3) is 0 Å². The fraction of sp³-hybridized carbons (Fsp3) is 0.588. The monoisotopic (exact) mass is 324 g/mol. The summed E-state index contributed by atoms with van der Waals surface area (Å²) in [7, 11) is 0. The maximum Gasteiger partial charge on any atom is 0.224 e. The molecule has 0 aliphatic carbocycles. The van der Waals surface area contributed by atoms with Crippen LogP contribution in [-0.4, -0.2) is 38.8 Å². The molecule has 2 aliphatic rings. The Hall–Kier alpha value is -1.10. The van der Waals surface area contributed by atoms with E-state index in [1.807, 2.05) is 6.07 Å². The maximum atomic E-state index is 12.3. The van der Waals surface area contributed by atoms with Crippen molar-refractivity contribution in [2.75, 3.05) is 32.8 Å². The van der Waals surface area contributed by atoms with Crippen LogP contribution in [0.15, 0.2) is 30.3 Å². The summed E-state index contributed by atoms with van der Waals surface area (Å²) in [4.78, 5) is 12.3. The smallest absolute Gasteiger partial charge is 0.224 e. The lowest BCUT2D eigenvalue weighted by Gasteiger charge is -2.38. The highest BCUT2D eigenvalue weighted by Gasteiger charge is 2.35. The van der Waals surface area contributed by atoms with Crippen molar-refractivity contribution in [3.63, 3.8) is 0 Å². The molecule has 0 aromatic heterocycles. The maximum absolute atomic E-state index is 12.3. The Morgan fingerprint density at radius 1 is 1.27 bits per heavy atom. The van der Waals surface area contributed by atoms with Crippen LogP contribution < -0.4 is 10.6 Å². The number of amides is 1. The minimum atomic E-state index is 0. The average molecular weight is 325 g/mol. The molecular weight excluding hydrogens is 300 g/mol. The number of nitrogens with one attached hydrogen (secondary N) is 2. The van der Waals surface area contributed by atoms with Crippen LogP contribution in [-0.2, 0) is 14.9 Å². The number of benzene rings is 1. The molecule has 122 valence electrons. The van der Waals surface area contributed by atoms with E-state index in [4.69, 9.17) is 4.74 Å². The number of ether oxygens (including phenoxy) is 1. The summed E-state index contributed by atoms with van der Waals surface area (Å²) in [5, 5.41) is 6.45. The lowest BCUT2D eigenvalue weighted by Crippen LogP contribution is -2.46. The van der Waals surface area contributed by atoms with E-state index in [1.54, 1.807) is 0 Å². The van der Waals surface area contributed by atoms with Gasteiger partial charge >= 0.3 is 0 Å². The molecule has 2 saturated heterocycles. The number of halogens is 1. The topological polar surface area (TPSA) is 50.4 Å². The van der Waals surface area contributed by atoms with Gasteiger partial charge in [-0.1, -0.05) is 30.3 Å². The third-order valence-electron chi connectivity index (χ3n) is 4.87. The Labute approximate surface area is 138 Å². The average Bonchev–Trinajstić information content (AvgIpc) is 3.09. The molecule has 2 N–H and O–H groups in total. The van der Waals surface area contributed by atoms with Crippen molar-refractivity contribution in [2.45, 2.75) is 24.7 Å². The molecule has 2 fully saturated rings. The Balaban J connectivity index is 0.00000176. The van der Waals surface area contributed by atoms with Crippen molar-refractivity contribution < 1.29 is 9.53 Å². The van der Waals surface area contributed by atoms with Gasteiger partial charge in [0.05, 0.1) is 5.92 Å². The molecule has 22 heavy (non-hydrogen) atoms. The van der Waals surface area contributed by atoms with E-state index >= 15 is 0 Å². The van der Waals surface area contributed by atoms with Crippen LogP contribution in [0.3, 0.4) is 0 Å². The minimum absolute atomic E-state index is 0. The fourth-order valence-electron chi connectivity index (χ4n) is 3.40. The molecule has 2 heterocycles. The zero-order valence-electron chi connectivity index (χ0n) is 12.8. The van der Waals surface area contributed by atoms with Crippen molar-refractivity contribution >= 4 is 18.3 Å². The number of hydrogen-bond acceptors (Lipinski definition) is 3. The summed E-state index contributed by atoms with van der Waals surface area (Å²) in [5.41, 5.74) is 1.35. The van der Waals surface area contributed by atoms with Crippen LogP contribution in [0, 0.1) is 5.92 Å². The first-order valence-corrected chi connectivity index (χ1v) is 7.92. The van der Waals surface area contributed by atoms with Crippen molar-refractivity contribution in [3.05, 3.63) is 35.9 Å². The van der Waals surface area contributed by atoms with Gasteiger partial charge in [-0.25, -0.2) is 0 Å². The molecule has 1 aromatic rings. The van der Waals surface area contributed by atoms with Gasteiger partial charge in [0.15, 0.2) is 0 Å². The highest BCUT2D eigenvalue weighted by molar-refractivity contribution is 5.85. The van der Waals surface area contributed by atoms with E-state index in [-0.39, 0.29) is 29.6 Å². The third-order valence-corrected chi connectivity index (χ3v) is 4.87. The molecule has 0 saturated carbocycles. The Morgan fingerprint density at radius 2 is 2.00 bits per heavy atom. The summed E-state index contributed by atoms with van der Waals surface area (Å²) in [5.74, 6) is 0.333. The zero-order valence-corrected chi connectivity index (χ0v) is 13.7. The van der Waals surface area contributed by atoms with Gasteiger partial charge in [-0.3, -0.25) is 4.79 Å². The van der Waals surface area contributed by atoms with Crippen LogP contribution in [0.1, 0.15) is 24.8 Å². The molecule has 3 rings (SSSR count). The summed E-state index contributed by atoms with van der Waals surface area (Å²) in [6.45, 7) is 4.03. The molecule has 2 aliphatic heterocycles. The Morgan fingerprint density at radius 3 is 2.64 bits per heavy atom. The summed E-state index contributed by atoms with van der Waals surface area (Å²) >= 11 is 0. The van der Waals surface area contributed by atoms with E-state index in [2.05, 4.69) is 34.9 Å². The molecule has 0 bridgehead atoms. The number of carbonyl (C=O) groups excluding carboxylic acids is 1. The molecule has 1 unspecified atom stereocenters. The first-order valence-electron chi connectivity index (χ1n) is 7.92. The second-order valence-electron chi connectivity index (χ2n) is 6.17. The third kappa shape index (κ3) is 3.80. The number of carbonyl (C=O) groups is 1. The lowest BCUT2D eigenvalue weighted by molar-refractivity contribution is -0.124. The minimum Gasteiger partial charge on any atom is -0.381 e. The first kappa shape index (κ1) is 17.3. The molecule has 0 radical (unpaired) electrons. The van der Waals surface area contributed by atoms with Gasteiger partial charge in [-0.2, -0.15) is 0 Å². The predicted octanol–water partition coefficient (Wildman–Crippen LogP) is 1.88. The molecule has 4 nitrogen and oxygen atoms in total. The van der Waals surface area contributed by atoms with Gasteiger partial charge in [0, 0.05) is 31.7 Å². The van der Waals surface area contributed by atoms with E-state index in [0.717, 1.165) is 52.1 Å². The van der Waals surface area contributed by atoms with E-state index in [1.165, 1.54) is 5.56 Å². The Kier molecular flexibility index (Phi) is 6.24. The van der Waals surface area contributed by atoms with Crippen molar-refractivity contribution in [2.24, 2.45) is 5.92 Å². The van der Waals surface area contributed by atoms with E-state index < -0.39 is 0 Å². The quantitative estimate of drug-likeness (QED) is 0.889. The van der Waals surface area contributed by atoms with Crippen LogP contribution in [0.4, 0.5) is 0 Å².